The number of hydrogen-bond donors (Lipinski definition) is 0. The molecule has 1 atom stereocenters. The number of hydrogen-bond acceptors (Lipinski definition) is 2. The molecule has 3 nitrogen and oxygen atoms in total. The number of ether oxygens (including phenoxy) is 1. The Morgan fingerprint density at radius 3 is 2.65 bits per heavy atom. The van der Waals surface area contributed by atoms with E-state index in [2.05, 4.69) is 20.4 Å². The van der Waals surface area contributed by atoms with Crippen molar-refractivity contribution in [1.82, 2.24) is 0 Å². The van der Waals surface area contributed by atoms with E-state index >= 15 is 0 Å². The van der Waals surface area contributed by atoms with E-state index in [9.17, 15) is 4.79 Å². The topological polar surface area (TPSA) is 29.5 Å². The normalized spacial score (nSPS) is 17.1. The Hall–Kier alpha value is -1.77. The van der Waals surface area contributed by atoms with Gasteiger partial charge >= 0.3 is 0 Å². The van der Waals surface area contributed by atoms with Gasteiger partial charge in [0.25, 0.3) is 0 Å². The SMILES string of the molecule is C=C(C)COc1cc(C)c2c(c1C)CC(C)N2C(C)=O. The Labute approximate surface area is 121 Å². The van der Waals surface area contributed by atoms with Crippen LogP contribution in [-0.2, 0) is 11.2 Å². The van der Waals surface area contributed by atoms with E-state index in [1.165, 1.54) is 5.56 Å². The fourth-order valence-electron chi connectivity index (χ4n) is 2.95. The molecule has 0 aromatic heterocycles. The average molecular weight is 273 g/mol. The first-order valence-corrected chi connectivity index (χ1v) is 7.03. The van der Waals surface area contributed by atoms with Gasteiger partial charge in [-0.05, 0) is 62.4 Å². The number of aryl methyl sites for hydroxylation is 1. The van der Waals surface area contributed by atoms with E-state index in [0.717, 1.165) is 34.6 Å². The molecule has 0 fully saturated rings. The molecule has 1 aliphatic rings. The smallest absolute Gasteiger partial charge is 0.224 e. The van der Waals surface area contributed by atoms with Crippen LogP contribution in [0.15, 0.2) is 18.2 Å². The lowest BCUT2D eigenvalue weighted by molar-refractivity contribution is -0.116. The van der Waals surface area contributed by atoms with Gasteiger partial charge in [-0.3, -0.25) is 4.79 Å². The Balaban J connectivity index is 2.46. The van der Waals surface area contributed by atoms with Crippen molar-refractivity contribution in [3.8, 4) is 5.75 Å². The summed E-state index contributed by atoms with van der Waals surface area (Å²) >= 11 is 0. The van der Waals surface area contributed by atoms with E-state index in [1.807, 2.05) is 24.8 Å². The van der Waals surface area contributed by atoms with Gasteiger partial charge in [0.05, 0.1) is 5.69 Å². The van der Waals surface area contributed by atoms with Gasteiger partial charge in [-0.15, -0.1) is 0 Å². The molecule has 0 saturated carbocycles. The minimum Gasteiger partial charge on any atom is -0.489 e. The summed E-state index contributed by atoms with van der Waals surface area (Å²) in [4.78, 5) is 13.8. The number of carbonyl (C=O) groups is 1. The highest BCUT2D eigenvalue weighted by atomic mass is 16.5. The van der Waals surface area contributed by atoms with Gasteiger partial charge in [0.15, 0.2) is 0 Å². The molecule has 1 heterocycles. The summed E-state index contributed by atoms with van der Waals surface area (Å²) in [6, 6.07) is 2.25. The van der Waals surface area contributed by atoms with Crippen molar-refractivity contribution in [2.24, 2.45) is 0 Å². The third-order valence-electron chi connectivity index (χ3n) is 3.82. The van der Waals surface area contributed by atoms with Crippen molar-refractivity contribution >= 4 is 11.6 Å². The van der Waals surface area contributed by atoms with E-state index in [-0.39, 0.29) is 11.9 Å². The standard InChI is InChI=1S/C17H23NO2/c1-10(2)9-20-16-7-11(3)17-15(13(16)5)8-12(4)18(17)14(6)19/h7,12H,1,8-9H2,2-6H3. The number of nitrogens with zero attached hydrogens (tertiary/aromatic N) is 1. The van der Waals surface area contributed by atoms with Crippen molar-refractivity contribution in [2.45, 2.75) is 47.1 Å². The quantitative estimate of drug-likeness (QED) is 0.788. The molecule has 3 heteroatoms. The number of amides is 1. The van der Waals surface area contributed by atoms with Crippen molar-refractivity contribution in [2.75, 3.05) is 11.5 Å². The number of fused-ring (bicyclic) bond motifs is 1. The molecule has 0 bridgehead atoms. The van der Waals surface area contributed by atoms with Crippen LogP contribution >= 0.6 is 0 Å². The van der Waals surface area contributed by atoms with Crippen LogP contribution < -0.4 is 9.64 Å². The molecular formula is C17H23NO2. The monoisotopic (exact) mass is 273 g/mol. The lowest BCUT2D eigenvalue weighted by Gasteiger charge is -2.23. The third-order valence-corrected chi connectivity index (χ3v) is 3.82. The lowest BCUT2D eigenvalue weighted by Crippen LogP contribution is -2.34. The van der Waals surface area contributed by atoms with Crippen LogP contribution in [0.3, 0.4) is 0 Å². The van der Waals surface area contributed by atoms with E-state index < -0.39 is 0 Å². The first kappa shape index (κ1) is 14.6. The van der Waals surface area contributed by atoms with Gasteiger partial charge in [0.1, 0.15) is 12.4 Å². The highest BCUT2D eigenvalue weighted by Crippen LogP contribution is 2.41. The van der Waals surface area contributed by atoms with Crippen LogP contribution in [0.25, 0.3) is 0 Å². The Morgan fingerprint density at radius 2 is 2.10 bits per heavy atom. The molecule has 1 aromatic rings. The summed E-state index contributed by atoms with van der Waals surface area (Å²) in [5.41, 5.74) is 5.56. The molecule has 108 valence electrons. The molecule has 0 saturated heterocycles. The molecule has 2 rings (SSSR count). The van der Waals surface area contributed by atoms with Crippen LogP contribution in [0.5, 0.6) is 5.75 Å². The van der Waals surface area contributed by atoms with Gasteiger partial charge in [0.2, 0.25) is 5.91 Å². The van der Waals surface area contributed by atoms with Crippen molar-refractivity contribution in [3.05, 3.63) is 34.9 Å². The molecule has 0 N–H and O–H groups in total. The number of rotatable bonds is 3. The van der Waals surface area contributed by atoms with Crippen LogP contribution in [0.2, 0.25) is 0 Å². The zero-order valence-corrected chi connectivity index (χ0v) is 13.0. The second-order valence-electron chi connectivity index (χ2n) is 5.83. The van der Waals surface area contributed by atoms with Crippen LogP contribution in [0.1, 0.15) is 37.5 Å². The fourth-order valence-corrected chi connectivity index (χ4v) is 2.95. The summed E-state index contributed by atoms with van der Waals surface area (Å²) < 4.78 is 5.83. The minimum absolute atomic E-state index is 0.106. The van der Waals surface area contributed by atoms with Gasteiger partial charge in [-0.1, -0.05) is 6.58 Å². The van der Waals surface area contributed by atoms with Gasteiger partial charge in [0, 0.05) is 13.0 Å². The third kappa shape index (κ3) is 2.45. The molecular weight excluding hydrogens is 250 g/mol. The number of anilines is 1. The largest absolute Gasteiger partial charge is 0.489 e. The Bertz CT molecular complexity index is 575. The number of benzene rings is 1. The van der Waals surface area contributed by atoms with Crippen LogP contribution in [-0.4, -0.2) is 18.6 Å². The summed E-state index contributed by atoms with van der Waals surface area (Å²) in [5.74, 6) is 1.01. The maximum absolute atomic E-state index is 11.9. The van der Waals surface area contributed by atoms with E-state index in [0.29, 0.717) is 6.61 Å². The minimum atomic E-state index is 0.106. The van der Waals surface area contributed by atoms with Crippen molar-refractivity contribution in [3.63, 3.8) is 0 Å². The zero-order valence-electron chi connectivity index (χ0n) is 13.0. The molecule has 20 heavy (non-hydrogen) atoms. The molecule has 1 aromatic carbocycles. The predicted octanol–water partition coefficient (Wildman–Crippen LogP) is 3.56. The maximum Gasteiger partial charge on any atom is 0.224 e. The average Bonchev–Trinajstić information content (AvgIpc) is 2.70. The molecule has 1 unspecified atom stereocenters. The maximum atomic E-state index is 11.9. The first-order chi connectivity index (χ1) is 9.32. The summed E-state index contributed by atoms with van der Waals surface area (Å²) in [5, 5.41) is 0. The highest BCUT2D eigenvalue weighted by Gasteiger charge is 2.32. The summed E-state index contributed by atoms with van der Waals surface area (Å²) in [7, 11) is 0. The first-order valence-electron chi connectivity index (χ1n) is 7.03. The number of carbonyl (C=O) groups excluding carboxylic acids is 1. The predicted molar refractivity (Wildman–Crippen MR) is 82.6 cm³/mol. The highest BCUT2D eigenvalue weighted by molar-refractivity contribution is 5.96. The van der Waals surface area contributed by atoms with Crippen molar-refractivity contribution in [1.29, 1.82) is 0 Å². The molecule has 0 spiro atoms. The second kappa shape index (κ2) is 5.31. The van der Waals surface area contributed by atoms with Gasteiger partial charge in [-0.2, -0.15) is 0 Å². The Kier molecular flexibility index (Phi) is 3.89. The second-order valence-corrected chi connectivity index (χ2v) is 5.83. The van der Waals surface area contributed by atoms with Crippen LogP contribution in [0.4, 0.5) is 5.69 Å². The summed E-state index contributed by atoms with van der Waals surface area (Å²) in [6.45, 7) is 14.2. The lowest BCUT2D eigenvalue weighted by atomic mass is 10.0. The molecule has 1 amide bonds. The van der Waals surface area contributed by atoms with E-state index in [1.54, 1.807) is 6.92 Å². The van der Waals surface area contributed by atoms with Gasteiger partial charge < -0.3 is 9.64 Å². The van der Waals surface area contributed by atoms with Crippen molar-refractivity contribution < 1.29 is 9.53 Å². The van der Waals surface area contributed by atoms with Crippen LogP contribution in [0, 0.1) is 13.8 Å². The fraction of sp³-hybridized carbons (Fsp3) is 0.471. The van der Waals surface area contributed by atoms with E-state index in [4.69, 9.17) is 4.74 Å². The Morgan fingerprint density at radius 1 is 1.45 bits per heavy atom. The molecule has 0 aliphatic carbocycles. The summed E-state index contributed by atoms with van der Waals surface area (Å²) in [6.07, 6.45) is 0.895. The molecule has 1 aliphatic heterocycles. The van der Waals surface area contributed by atoms with Gasteiger partial charge in [-0.25, -0.2) is 0 Å². The zero-order chi connectivity index (χ0) is 15.0. The molecule has 0 radical (unpaired) electrons.